The zero-order valence-corrected chi connectivity index (χ0v) is 24.5. The van der Waals surface area contributed by atoms with Gasteiger partial charge in [-0.3, -0.25) is 14.5 Å². The minimum atomic E-state index is -0.395. The number of carbonyl (C=O) groups is 2. The quantitative estimate of drug-likeness (QED) is 0.193. The van der Waals surface area contributed by atoms with Gasteiger partial charge in [0.1, 0.15) is 19.6 Å². The van der Waals surface area contributed by atoms with Crippen molar-refractivity contribution < 1.29 is 65.4 Å². The van der Waals surface area contributed by atoms with Gasteiger partial charge in [0.15, 0.2) is 18.6 Å². The normalized spacial score (nSPS) is 13.2. The van der Waals surface area contributed by atoms with Crippen LogP contribution < -0.4 is 37.2 Å². The fourth-order valence-corrected chi connectivity index (χ4v) is 3.69. The summed E-state index contributed by atoms with van der Waals surface area (Å²) in [7, 11) is 16.1. The molecule has 0 fully saturated rings. The van der Waals surface area contributed by atoms with Gasteiger partial charge in [-0.15, -0.1) is 0 Å². The molecule has 0 saturated heterocycles. The lowest BCUT2D eigenvalue weighted by molar-refractivity contribution is -0.907. The molecule has 0 aliphatic heterocycles. The fourth-order valence-electron chi connectivity index (χ4n) is 3.69. The van der Waals surface area contributed by atoms with E-state index in [0.29, 0.717) is 52.7 Å². The molecule has 0 aromatic rings. The number of quaternary nitrogens is 3. The van der Waals surface area contributed by atoms with Crippen molar-refractivity contribution in [3.63, 3.8) is 0 Å². The third-order valence-electron chi connectivity index (χ3n) is 5.47. The number of hydrogen-bond donors (Lipinski definition) is 1. The van der Waals surface area contributed by atoms with Gasteiger partial charge in [-0.05, 0) is 6.42 Å². The highest BCUT2D eigenvalue weighted by atomic mass is 35.5. The number of likely N-dealkylation sites (N-methyl/N-ethyl adjacent to an activating group) is 3. The van der Waals surface area contributed by atoms with Crippen LogP contribution in [0.5, 0.6) is 0 Å². The Kier molecular flexibility index (Phi) is 18.3. The molecule has 32 heavy (non-hydrogen) atoms. The van der Waals surface area contributed by atoms with E-state index in [0.717, 1.165) is 6.42 Å². The zero-order chi connectivity index (χ0) is 23.3. The number of amides is 1. The SMILES string of the molecule is CCC(C)(C)C(=O)N(C)C[N+](C)(C)CC(=O)CC[N+](C)(C)CC(O)C[N+](C)(C)C.[Cl-].[Cl-].[Cl-]. The average Bonchev–Trinajstić information content (AvgIpc) is 2.48. The van der Waals surface area contributed by atoms with Crippen molar-refractivity contribution >= 4 is 11.7 Å². The van der Waals surface area contributed by atoms with Crippen molar-refractivity contribution in [1.82, 2.24) is 4.90 Å². The topological polar surface area (TPSA) is 57.6 Å². The number of Topliss-reactive ketones (excluding diaryl/α,β-unsaturated/α-hetero) is 1. The number of rotatable bonds is 13. The van der Waals surface area contributed by atoms with Gasteiger partial charge in [-0.1, -0.05) is 20.8 Å². The molecular weight excluding hydrogens is 475 g/mol. The molecule has 0 spiro atoms. The molecule has 0 aromatic carbocycles. The van der Waals surface area contributed by atoms with Crippen molar-refractivity contribution in [3.8, 4) is 0 Å². The van der Waals surface area contributed by atoms with E-state index in [4.69, 9.17) is 0 Å². The lowest BCUT2D eigenvalue weighted by atomic mass is 9.89. The van der Waals surface area contributed by atoms with Crippen molar-refractivity contribution in [1.29, 1.82) is 0 Å². The fraction of sp³-hybridized carbons (Fsp3) is 0.909. The summed E-state index contributed by atoms with van der Waals surface area (Å²) in [5, 5.41) is 10.4. The number of hydrogen-bond acceptors (Lipinski definition) is 3. The first-order valence-corrected chi connectivity index (χ1v) is 10.7. The summed E-state index contributed by atoms with van der Waals surface area (Å²) in [6.07, 6.45) is 0.869. The zero-order valence-electron chi connectivity index (χ0n) is 22.2. The van der Waals surface area contributed by atoms with Crippen LogP contribution in [0.3, 0.4) is 0 Å². The number of halogens is 3. The molecule has 0 aliphatic carbocycles. The summed E-state index contributed by atoms with van der Waals surface area (Å²) < 4.78 is 1.79. The van der Waals surface area contributed by atoms with Crippen molar-refractivity contribution in [2.45, 2.75) is 39.7 Å². The van der Waals surface area contributed by atoms with Crippen LogP contribution in [0.1, 0.15) is 33.6 Å². The van der Waals surface area contributed by atoms with E-state index in [1.807, 2.05) is 41.9 Å². The van der Waals surface area contributed by atoms with E-state index >= 15 is 0 Å². The third kappa shape index (κ3) is 16.5. The van der Waals surface area contributed by atoms with E-state index in [2.05, 4.69) is 35.2 Å². The van der Waals surface area contributed by atoms with Crippen LogP contribution in [0.15, 0.2) is 0 Å². The van der Waals surface area contributed by atoms with Crippen molar-refractivity contribution in [2.75, 3.05) is 89.2 Å². The molecule has 7 nitrogen and oxygen atoms in total. The second kappa shape index (κ2) is 15.0. The van der Waals surface area contributed by atoms with Crippen molar-refractivity contribution in [3.05, 3.63) is 0 Å². The van der Waals surface area contributed by atoms with Gasteiger partial charge in [0.05, 0.1) is 62.3 Å². The Hall–Kier alpha value is -0.150. The largest absolute Gasteiger partial charge is 1.00 e. The first kappa shape index (κ1) is 39.1. The van der Waals surface area contributed by atoms with Gasteiger partial charge in [0, 0.05) is 12.5 Å². The summed E-state index contributed by atoms with van der Waals surface area (Å²) >= 11 is 0. The first-order chi connectivity index (χ1) is 12.8. The summed E-state index contributed by atoms with van der Waals surface area (Å²) in [5.74, 6) is 0.306. The highest BCUT2D eigenvalue weighted by molar-refractivity contribution is 5.81. The Balaban J connectivity index is -0.00000131. The van der Waals surface area contributed by atoms with Crippen molar-refractivity contribution in [2.24, 2.45) is 5.41 Å². The van der Waals surface area contributed by atoms with Gasteiger partial charge in [0.25, 0.3) is 0 Å². The Labute approximate surface area is 216 Å². The number of carbonyl (C=O) groups excluding carboxylic acids is 2. The molecular formula is C22H49Cl3N4O3. The molecule has 1 amide bonds. The molecule has 1 unspecified atom stereocenters. The summed E-state index contributed by atoms with van der Waals surface area (Å²) in [4.78, 5) is 27.0. The Morgan fingerprint density at radius 3 is 1.78 bits per heavy atom. The second-order valence-electron chi connectivity index (χ2n) is 11.7. The number of nitrogens with zero attached hydrogens (tertiary/aromatic N) is 4. The van der Waals surface area contributed by atoms with Crippen LogP contribution in [-0.4, -0.2) is 130 Å². The van der Waals surface area contributed by atoms with Gasteiger partial charge >= 0.3 is 0 Å². The van der Waals surface area contributed by atoms with Crippen LogP contribution in [0, 0.1) is 5.41 Å². The van der Waals surface area contributed by atoms with Crippen LogP contribution >= 0.6 is 0 Å². The second-order valence-corrected chi connectivity index (χ2v) is 11.7. The minimum absolute atomic E-state index is 0. The first-order valence-electron chi connectivity index (χ1n) is 10.7. The average molecular weight is 524 g/mol. The molecule has 0 bridgehead atoms. The standard InChI is InChI=1S/C22H49N4O3.3ClH/c1-12-22(2,3)21(29)23(4)18-26(10,11)16-19(27)13-14-25(8,9)17-20(28)15-24(5,6)7;;;/h20,28H,12-18H2,1-11H3;3*1H/q+3;;;/p-3. The molecule has 1 N–H and O–H groups in total. The molecule has 1 atom stereocenters. The predicted octanol–water partition coefficient (Wildman–Crippen LogP) is -7.97. The maximum absolute atomic E-state index is 12.6. The molecule has 0 aromatic heterocycles. The highest BCUT2D eigenvalue weighted by Gasteiger charge is 2.33. The highest BCUT2D eigenvalue weighted by Crippen LogP contribution is 2.22. The predicted molar refractivity (Wildman–Crippen MR) is 119 cm³/mol. The summed E-state index contributed by atoms with van der Waals surface area (Å²) in [6.45, 7) is 8.86. The van der Waals surface area contributed by atoms with E-state index in [1.165, 1.54) is 0 Å². The third-order valence-corrected chi connectivity index (χ3v) is 5.47. The molecule has 196 valence electrons. The van der Waals surface area contributed by atoms with E-state index < -0.39 is 6.10 Å². The van der Waals surface area contributed by atoms with Crippen LogP contribution in [0.4, 0.5) is 0 Å². The molecule has 0 saturated carbocycles. The van der Waals surface area contributed by atoms with Crippen LogP contribution in [0.25, 0.3) is 0 Å². The molecule has 0 rings (SSSR count). The van der Waals surface area contributed by atoms with Gasteiger partial charge < -0.3 is 55.8 Å². The maximum Gasteiger partial charge on any atom is 0.232 e. The summed E-state index contributed by atoms with van der Waals surface area (Å²) in [5.41, 5.74) is -0.382. The Morgan fingerprint density at radius 2 is 1.38 bits per heavy atom. The van der Waals surface area contributed by atoms with Gasteiger partial charge in [-0.25, -0.2) is 0 Å². The van der Waals surface area contributed by atoms with Gasteiger partial charge in [0.2, 0.25) is 5.91 Å². The Bertz CT molecular complexity index is 565. The molecule has 0 radical (unpaired) electrons. The van der Waals surface area contributed by atoms with E-state index in [-0.39, 0.29) is 54.3 Å². The number of ketones is 1. The number of aliphatic hydroxyl groups is 1. The van der Waals surface area contributed by atoms with Crippen LogP contribution in [0.2, 0.25) is 0 Å². The monoisotopic (exact) mass is 522 g/mol. The molecule has 0 heterocycles. The summed E-state index contributed by atoms with van der Waals surface area (Å²) in [6, 6.07) is 0. The van der Waals surface area contributed by atoms with E-state index in [1.54, 1.807) is 4.90 Å². The lowest BCUT2D eigenvalue weighted by Crippen LogP contribution is -3.00. The van der Waals surface area contributed by atoms with Gasteiger partial charge in [-0.2, -0.15) is 0 Å². The van der Waals surface area contributed by atoms with E-state index in [9.17, 15) is 14.7 Å². The maximum atomic E-state index is 12.6. The molecule has 10 heteroatoms. The lowest BCUT2D eigenvalue weighted by Gasteiger charge is -2.37. The molecule has 0 aliphatic rings. The Morgan fingerprint density at radius 1 is 0.906 bits per heavy atom. The smallest absolute Gasteiger partial charge is 0.232 e. The minimum Gasteiger partial charge on any atom is -1.00 e. The van der Waals surface area contributed by atoms with Crippen LogP contribution in [-0.2, 0) is 9.59 Å². The number of aliphatic hydroxyl groups excluding tert-OH is 1.